The van der Waals surface area contributed by atoms with E-state index in [9.17, 15) is 9.59 Å². The molecule has 0 radical (unpaired) electrons. The third-order valence-electron chi connectivity index (χ3n) is 5.21. The summed E-state index contributed by atoms with van der Waals surface area (Å²) in [6, 6.07) is 26.4. The van der Waals surface area contributed by atoms with Gasteiger partial charge in [0, 0.05) is 31.3 Å². The van der Waals surface area contributed by atoms with Gasteiger partial charge in [0.15, 0.2) is 0 Å². The third-order valence-corrected chi connectivity index (χ3v) is 5.21. The second-order valence-corrected chi connectivity index (χ2v) is 7.26. The van der Waals surface area contributed by atoms with Crippen molar-refractivity contribution in [3.05, 3.63) is 96.3 Å². The number of aromatic nitrogens is 2. The van der Waals surface area contributed by atoms with Gasteiger partial charge in [-0.25, -0.2) is 4.98 Å². The van der Waals surface area contributed by atoms with Crippen LogP contribution >= 0.6 is 0 Å². The molecule has 156 valence electrons. The number of anilines is 1. The van der Waals surface area contributed by atoms with Crippen LogP contribution in [0.5, 0.6) is 0 Å². The van der Waals surface area contributed by atoms with Gasteiger partial charge in [-0.3, -0.25) is 9.59 Å². The highest BCUT2D eigenvalue weighted by molar-refractivity contribution is 5.94. The Labute approximate surface area is 181 Å². The minimum atomic E-state index is -0.122. The first-order valence-corrected chi connectivity index (χ1v) is 10.2. The molecule has 0 unspecified atom stereocenters. The zero-order valence-electron chi connectivity index (χ0n) is 17.4. The lowest BCUT2D eigenvalue weighted by atomic mass is 10.2. The number of nitrogens with zero attached hydrogens (tertiary/aromatic N) is 3. The van der Waals surface area contributed by atoms with Gasteiger partial charge in [-0.2, -0.15) is 0 Å². The summed E-state index contributed by atoms with van der Waals surface area (Å²) in [4.78, 5) is 31.7. The van der Waals surface area contributed by atoms with E-state index in [4.69, 9.17) is 4.98 Å². The Hall–Kier alpha value is -3.93. The number of nitrogens with one attached hydrogen (secondary N) is 1. The van der Waals surface area contributed by atoms with Crippen LogP contribution in [0.2, 0.25) is 0 Å². The van der Waals surface area contributed by atoms with Crippen molar-refractivity contribution in [2.75, 3.05) is 18.5 Å². The first-order chi connectivity index (χ1) is 15.1. The van der Waals surface area contributed by atoms with Gasteiger partial charge in [-0.05, 0) is 36.4 Å². The van der Waals surface area contributed by atoms with Crippen molar-refractivity contribution in [1.82, 2.24) is 14.9 Å². The monoisotopic (exact) mass is 412 g/mol. The Balaban J connectivity index is 1.50. The first-order valence-electron chi connectivity index (χ1n) is 10.2. The minimum Gasteiger partial charge on any atom is -0.352 e. The highest BCUT2D eigenvalue weighted by Crippen LogP contribution is 2.18. The number of hydrogen-bond donors (Lipinski definition) is 1. The molecule has 4 aromatic rings. The molecule has 0 aliphatic heterocycles. The van der Waals surface area contributed by atoms with E-state index in [0.717, 1.165) is 22.5 Å². The first kappa shape index (κ1) is 20.3. The normalized spacial score (nSPS) is 10.7. The highest BCUT2D eigenvalue weighted by Gasteiger charge is 2.17. The lowest BCUT2D eigenvalue weighted by Crippen LogP contribution is -2.31. The van der Waals surface area contributed by atoms with Crippen LogP contribution in [0.3, 0.4) is 0 Å². The molecule has 6 heteroatoms. The number of likely N-dealkylation sites (N-methyl/N-ethyl adjacent to an activating group) is 1. The van der Waals surface area contributed by atoms with E-state index < -0.39 is 0 Å². The number of hydrogen-bond acceptors (Lipinski definition) is 3. The molecule has 0 spiro atoms. The Kier molecular flexibility index (Phi) is 6.08. The number of fused-ring (bicyclic) bond motifs is 1. The van der Waals surface area contributed by atoms with Gasteiger partial charge in [0.05, 0.1) is 11.0 Å². The van der Waals surface area contributed by atoms with E-state index >= 15 is 0 Å². The smallest absolute Gasteiger partial charge is 0.251 e. The maximum atomic E-state index is 13.0. The molecule has 1 N–H and O–H groups in total. The predicted molar refractivity (Wildman–Crippen MR) is 122 cm³/mol. The lowest BCUT2D eigenvalue weighted by molar-refractivity contribution is -0.118. The quantitative estimate of drug-likeness (QED) is 0.504. The predicted octanol–water partition coefficient (Wildman–Crippen LogP) is 3.67. The Morgan fingerprint density at radius 2 is 1.55 bits per heavy atom. The molecule has 4 rings (SSSR count). The molecular formula is C25H24N4O2. The van der Waals surface area contributed by atoms with Gasteiger partial charge in [0.25, 0.3) is 5.91 Å². The molecule has 0 atom stereocenters. The van der Waals surface area contributed by atoms with Crippen LogP contribution in [0.1, 0.15) is 16.2 Å². The van der Waals surface area contributed by atoms with Crippen molar-refractivity contribution < 1.29 is 9.59 Å². The van der Waals surface area contributed by atoms with Crippen molar-refractivity contribution in [2.45, 2.75) is 13.0 Å². The zero-order valence-corrected chi connectivity index (χ0v) is 17.4. The fraction of sp³-hybridized carbons (Fsp3) is 0.160. The van der Waals surface area contributed by atoms with Gasteiger partial charge in [-0.1, -0.05) is 48.5 Å². The van der Waals surface area contributed by atoms with E-state index in [-0.39, 0.29) is 18.4 Å². The molecule has 0 bridgehead atoms. The molecule has 6 nitrogen and oxygen atoms in total. The number of benzene rings is 3. The molecule has 2 amide bonds. The lowest BCUT2D eigenvalue weighted by Gasteiger charge is -2.18. The van der Waals surface area contributed by atoms with Crippen molar-refractivity contribution in [3.63, 3.8) is 0 Å². The van der Waals surface area contributed by atoms with Crippen LogP contribution in [0.4, 0.5) is 5.69 Å². The van der Waals surface area contributed by atoms with Gasteiger partial charge >= 0.3 is 0 Å². The van der Waals surface area contributed by atoms with Crippen LogP contribution in [0, 0.1) is 0 Å². The number of carbonyl (C=O) groups excluding carboxylic acids is 2. The maximum absolute atomic E-state index is 13.0. The molecule has 0 saturated carbocycles. The van der Waals surface area contributed by atoms with E-state index in [1.54, 1.807) is 24.1 Å². The van der Waals surface area contributed by atoms with Crippen LogP contribution < -0.4 is 10.2 Å². The number of amides is 2. The molecule has 0 aliphatic rings. The summed E-state index contributed by atoms with van der Waals surface area (Å²) in [5.41, 5.74) is 3.20. The van der Waals surface area contributed by atoms with E-state index in [2.05, 4.69) is 5.32 Å². The number of rotatable bonds is 7. The topological polar surface area (TPSA) is 67.2 Å². The fourth-order valence-corrected chi connectivity index (χ4v) is 3.51. The summed E-state index contributed by atoms with van der Waals surface area (Å²) in [5.74, 6) is 0.608. The molecule has 1 aromatic heterocycles. The van der Waals surface area contributed by atoms with Gasteiger partial charge in [0.2, 0.25) is 5.91 Å². The molecule has 1 heterocycles. The fourth-order valence-electron chi connectivity index (χ4n) is 3.51. The van der Waals surface area contributed by atoms with Gasteiger partial charge in [-0.15, -0.1) is 0 Å². The largest absolute Gasteiger partial charge is 0.352 e. The standard InChI is InChI=1S/C25H24N4O2/c1-28(20-12-6-3-7-13-20)24(30)18-29-22-15-9-8-14-21(22)27-23(29)16-17-26-25(31)19-10-4-2-5-11-19/h2-15H,16-18H2,1H3,(H,26,31). The van der Waals surface area contributed by atoms with Gasteiger partial charge < -0.3 is 14.8 Å². The summed E-state index contributed by atoms with van der Waals surface area (Å²) in [5, 5.41) is 2.93. The molecule has 0 aliphatic carbocycles. The Morgan fingerprint density at radius 1 is 0.903 bits per heavy atom. The summed E-state index contributed by atoms with van der Waals surface area (Å²) in [6.07, 6.45) is 0.523. The molecular weight excluding hydrogens is 388 g/mol. The maximum Gasteiger partial charge on any atom is 0.251 e. The van der Waals surface area contributed by atoms with Crippen molar-refractivity contribution in [2.24, 2.45) is 0 Å². The molecule has 0 saturated heterocycles. The second kappa shape index (κ2) is 9.26. The van der Waals surface area contributed by atoms with Gasteiger partial charge in [0.1, 0.15) is 12.4 Å². The Morgan fingerprint density at radius 3 is 2.29 bits per heavy atom. The summed E-state index contributed by atoms with van der Waals surface area (Å²) in [6.45, 7) is 0.605. The van der Waals surface area contributed by atoms with E-state index in [1.807, 2.05) is 77.4 Å². The average Bonchev–Trinajstić information content (AvgIpc) is 3.16. The minimum absolute atomic E-state index is 0.0380. The molecule has 0 fully saturated rings. The van der Waals surface area contributed by atoms with Crippen molar-refractivity contribution in [1.29, 1.82) is 0 Å². The van der Waals surface area contributed by atoms with Crippen LogP contribution in [-0.2, 0) is 17.8 Å². The zero-order chi connectivity index (χ0) is 21.6. The Bertz CT molecular complexity index is 1190. The molecule has 31 heavy (non-hydrogen) atoms. The van der Waals surface area contributed by atoms with E-state index in [1.165, 1.54) is 0 Å². The molecule has 3 aromatic carbocycles. The highest BCUT2D eigenvalue weighted by atomic mass is 16.2. The average molecular weight is 412 g/mol. The SMILES string of the molecule is CN(C(=O)Cn1c(CCNC(=O)c2ccccc2)nc2ccccc21)c1ccccc1. The van der Waals surface area contributed by atoms with Crippen LogP contribution in [0.15, 0.2) is 84.9 Å². The third kappa shape index (κ3) is 4.64. The number of imidazole rings is 1. The summed E-state index contributed by atoms with van der Waals surface area (Å²) >= 11 is 0. The van der Waals surface area contributed by atoms with Crippen LogP contribution in [0.25, 0.3) is 11.0 Å². The number of carbonyl (C=O) groups is 2. The van der Waals surface area contributed by atoms with Crippen molar-refractivity contribution in [3.8, 4) is 0 Å². The van der Waals surface area contributed by atoms with Crippen LogP contribution in [-0.4, -0.2) is 35.0 Å². The second-order valence-electron chi connectivity index (χ2n) is 7.26. The van der Waals surface area contributed by atoms with Crippen molar-refractivity contribution >= 4 is 28.5 Å². The summed E-state index contributed by atoms with van der Waals surface area (Å²) in [7, 11) is 1.77. The van der Waals surface area contributed by atoms with E-state index in [0.29, 0.717) is 18.5 Å². The summed E-state index contributed by atoms with van der Waals surface area (Å²) < 4.78 is 1.94. The number of para-hydroxylation sites is 3.